The van der Waals surface area contributed by atoms with Crippen LogP contribution < -0.4 is 5.32 Å². The number of hydrogen-bond acceptors (Lipinski definition) is 1. The van der Waals surface area contributed by atoms with Gasteiger partial charge in [0.15, 0.2) is 0 Å². The molecule has 0 bridgehead atoms. The second-order valence-electron chi connectivity index (χ2n) is 3.24. The second kappa shape index (κ2) is 2.35. The number of rotatable bonds is 0. The Hall–Kier alpha value is -0.820. The summed E-state index contributed by atoms with van der Waals surface area (Å²) in [5, 5.41) is 3.48. The molecular formula is C10H13N. The lowest BCUT2D eigenvalue weighted by Gasteiger charge is -2.04. The molecule has 1 aliphatic heterocycles. The van der Waals surface area contributed by atoms with E-state index in [2.05, 4.69) is 43.4 Å². The largest absolute Gasteiger partial charge is 0.304 e. The Balaban J connectivity index is 2.52. The van der Waals surface area contributed by atoms with Gasteiger partial charge in [0, 0.05) is 12.1 Å². The zero-order valence-corrected chi connectivity index (χ0v) is 6.96. The molecule has 2 atom stereocenters. The van der Waals surface area contributed by atoms with E-state index in [1.54, 1.807) is 0 Å². The van der Waals surface area contributed by atoms with E-state index in [0.29, 0.717) is 12.1 Å². The van der Waals surface area contributed by atoms with Crippen LogP contribution >= 0.6 is 0 Å². The molecule has 0 saturated carbocycles. The number of fused-ring (bicyclic) bond motifs is 1. The minimum atomic E-state index is 0.529. The molecular weight excluding hydrogens is 134 g/mol. The van der Waals surface area contributed by atoms with Crippen LogP contribution in [0.2, 0.25) is 0 Å². The van der Waals surface area contributed by atoms with Crippen LogP contribution in [0.15, 0.2) is 24.3 Å². The SMILES string of the molecule is C[C@H]1N[C@H](C)c2ccccc21. The Morgan fingerprint density at radius 2 is 1.45 bits per heavy atom. The lowest BCUT2D eigenvalue weighted by molar-refractivity contribution is 0.553. The molecule has 11 heavy (non-hydrogen) atoms. The molecule has 0 unspecified atom stereocenters. The van der Waals surface area contributed by atoms with Crippen LogP contribution in [0.4, 0.5) is 0 Å². The van der Waals surface area contributed by atoms with Crippen molar-refractivity contribution >= 4 is 0 Å². The minimum absolute atomic E-state index is 0.529. The third kappa shape index (κ3) is 0.962. The van der Waals surface area contributed by atoms with Gasteiger partial charge in [-0.2, -0.15) is 0 Å². The maximum Gasteiger partial charge on any atom is 0.0300 e. The van der Waals surface area contributed by atoms with Gasteiger partial charge in [0.2, 0.25) is 0 Å². The Bertz CT molecular complexity index is 240. The van der Waals surface area contributed by atoms with Crippen molar-refractivity contribution in [1.82, 2.24) is 5.32 Å². The zero-order valence-electron chi connectivity index (χ0n) is 6.96. The van der Waals surface area contributed by atoms with Crippen LogP contribution in [0.3, 0.4) is 0 Å². The topological polar surface area (TPSA) is 12.0 Å². The highest BCUT2D eigenvalue weighted by atomic mass is 15.0. The van der Waals surface area contributed by atoms with Gasteiger partial charge in [0.25, 0.3) is 0 Å². The van der Waals surface area contributed by atoms with Gasteiger partial charge in [-0.3, -0.25) is 0 Å². The first-order chi connectivity index (χ1) is 5.29. The summed E-state index contributed by atoms with van der Waals surface area (Å²) in [4.78, 5) is 0. The molecule has 0 saturated heterocycles. The Kier molecular flexibility index (Phi) is 1.46. The Morgan fingerprint density at radius 3 is 1.91 bits per heavy atom. The molecule has 0 radical (unpaired) electrons. The van der Waals surface area contributed by atoms with Crippen molar-refractivity contribution in [2.75, 3.05) is 0 Å². The van der Waals surface area contributed by atoms with E-state index in [1.807, 2.05) is 0 Å². The summed E-state index contributed by atoms with van der Waals surface area (Å²) in [5.74, 6) is 0. The van der Waals surface area contributed by atoms with Crippen LogP contribution in [-0.2, 0) is 0 Å². The predicted octanol–water partition coefficient (Wildman–Crippen LogP) is 2.41. The maximum absolute atomic E-state index is 3.48. The summed E-state index contributed by atoms with van der Waals surface area (Å²) >= 11 is 0. The van der Waals surface area contributed by atoms with E-state index >= 15 is 0 Å². The summed E-state index contributed by atoms with van der Waals surface area (Å²) < 4.78 is 0. The monoisotopic (exact) mass is 147 g/mol. The van der Waals surface area contributed by atoms with Crippen molar-refractivity contribution in [1.29, 1.82) is 0 Å². The highest BCUT2D eigenvalue weighted by molar-refractivity contribution is 5.35. The third-order valence-electron chi connectivity index (χ3n) is 2.43. The van der Waals surface area contributed by atoms with E-state index in [1.165, 1.54) is 11.1 Å². The van der Waals surface area contributed by atoms with Crippen LogP contribution in [0.1, 0.15) is 37.1 Å². The fraction of sp³-hybridized carbons (Fsp3) is 0.400. The average Bonchev–Trinajstić information content (AvgIpc) is 2.30. The first-order valence-corrected chi connectivity index (χ1v) is 4.14. The molecule has 1 nitrogen and oxygen atoms in total. The molecule has 0 spiro atoms. The summed E-state index contributed by atoms with van der Waals surface area (Å²) in [6.45, 7) is 4.42. The average molecular weight is 147 g/mol. The number of hydrogen-bond donors (Lipinski definition) is 1. The van der Waals surface area contributed by atoms with Gasteiger partial charge in [-0.05, 0) is 25.0 Å². The van der Waals surface area contributed by atoms with E-state index in [9.17, 15) is 0 Å². The molecule has 1 heterocycles. The van der Waals surface area contributed by atoms with Gasteiger partial charge in [-0.15, -0.1) is 0 Å². The number of benzene rings is 1. The number of nitrogens with one attached hydrogen (secondary N) is 1. The lowest BCUT2D eigenvalue weighted by Crippen LogP contribution is -2.11. The molecule has 0 amide bonds. The normalized spacial score (nSPS) is 28.5. The quantitative estimate of drug-likeness (QED) is 0.594. The van der Waals surface area contributed by atoms with Crippen LogP contribution in [0, 0.1) is 0 Å². The zero-order chi connectivity index (χ0) is 7.84. The minimum Gasteiger partial charge on any atom is -0.304 e. The van der Waals surface area contributed by atoms with E-state index in [4.69, 9.17) is 0 Å². The van der Waals surface area contributed by atoms with Crippen molar-refractivity contribution in [3.05, 3.63) is 35.4 Å². The summed E-state index contributed by atoms with van der Waals surface area (Å²) in [6, 6.07) is 9.68. The van der Waals surface area contributed by atoms with Gasteiger partial charge in [0.1, 0.15) is 0 Å². The summed E-state index contributed by atoms with van der Waals surface area (Å²) in [5.41, 5.74) is 2.92. The predicted molar refractivity (Wildman–Crippen MR) is 46.4 cm³/mol. The van der Waals surface area contributed by atoms with Gasteiger partial charge in [-0.1, -0.05) is 24.3 Å². The van der Waals surface area contributed by atoms with E-state index in [-0.39, 0.29) is 0 Å². The highest BCUT2D eigenvalue weighted by Crippen LogP contribution is 2.31. The third-order valence-corrected chi connectivity index (χ3v) is 2.43. The van der Waals surface area contributed by atoms with Crippen LogP contribution in [-0.4, -0.2) is 0 Å². The Labute approximate surface area is 67.4 Å². The molecule has 1 aromatic carbocycles. The van der Waals surface area contributed by atoms with Crippen molar-refractivity contribution in [2.24, 2.45) is 0 Å². The maximum atomic E-state index is 3.48. The molecule has 1 N–H and O–H groups in total. The fourth-order valence-corrected chi connectivity index (χ4v) is 1.85. The van der Waals surface area contributed by atoms with Gasteiger partial charge >= 0.3 is 0 Å². The molecule has 0 aromatic heterocycles. The standard InChI is InChI=1S/C10H13N/c1-7-9-5-3-4-6-10(9)8(2)11-7/h3-8,11H,1-2H3/t7-,8-/m1/s1. The van der Waals surface area contributed by atoms with Crippen molar-refractivity contribution in [3.8, 4) is 0 Å². The van der Waals surface area contributed by atoms with E-state index in [0.717, 1.165) is 0 Å². The molecule has 1 heteroatoms. The van der Waals surface area contributed by atoms with Crippen molar-refractivity contribution in [2.45, 2.75) is 25.9 Å². The summed E-state index contributed by atoms with van der Waals surface area (Å²) in [7, 11) is 0. The van der Waals surface area contributed by atoms with Gasteiger partial charge in [0.05, 0.1) is 0 Å². The van der Waals surface area contributed by atoms with Gasteiger partial charge < -0.3 is 5.32 Å². The van der Waals surface area contributed by atoms with Crippen molar-refractivity contribution in [3.63, 3.8) is 0 Å². The van der Waals surface area contributed by atoms with Crippen LogP contribution in [0.25, 0.3) is 0 Å². The second-order valence-corrected chi connectivity index (χ2v) is 3.24. The lowest BCUT2D eigenvalue weighted by atomic mass is 10.0. The Morgan fingerprint density at radius 1 is 1.00 bits per heavy atom. The molecule has 0 aliphatic carbocycles. The van der Waals surface area contributed by atoms with E-state index < -0.39 is 0 Å². The molecule has 0 fully saturated rings. The molecule has 1 aliphatic rings. The van der Waals surface area contributed by atoms with Crippen molar-refractivity contribution < 1.29 is 0 Å². The molecule has 58 valence electrons. The molecule has 2 rings (SSSR count). The van der Waals surface area contributed by atoms with Crippen LogP contribution in [0.5, 0.6) is 0 Å². The van der Waals surface area contributed by atoms with Gasteiger partial charge in [-0.25, -0.2) is 0 Å². The highest BCUT2D eigenvalue weighted by Gasteiger charge is 2.22. The molecule has 1 aromatic rings. The fourth-order valence-electron chi connectivity index (χ4n) is 1.85. The first kappa shape index (κ1) is 6.86. The summed E-state index contributed by atoms with van der Waals surface area (Å²) in [6.07, 6.45) is 0. The first-order valence-electron chi connectivity index (χ1n) is 4.14. The smallest absolute Gasteiger partial charge is 0.0300 e.